The summed E-state index contributed by atoms with van der Waals surface area (Å²) in [5, 5.41) is 0. The van der Waals surface area contributed by atoms with Gasteiger partial charge in [-0.2, -0.15) is 0 Å². The van der Waals surface area contributed by atoms with E-state index in [4.69, 9.17) is 0 Å². The molecule has 1 nitrogen and oxygen atoms in total. The van der Waals surface area contributed by atoms with E-state index in [2.05, 4.69) is 27.9 Å². The third-order valence-electron chi connectivity index (χ3n) is 1.57. The van der Waals surface area contributed by atoms with E-state index in [-0.39, 0.29) is 0 Å². The topological polar surface area (TPSA) is 3.24 Å². The van der Waals surface area contributed by atoms with Crippen molar-refractivity contribution in [2.24, 2.45) is 0 Å². The second-order valence-electron chi connectivity index (χ2n) is 2.50. The van der Waals surface area contributed by atoms with Crippen LogP contribution in [0.25, 0.3) is 0 Å². The molecule has 2 heteroatoms. The highest BCUT2D eigenvalue weighted by molar-refractivity contribution is 9.09. The molecule has 0 radical (unpaired) electrons. The molecule has 0 aromatic carbocycles. The predicted molar refractivity (Wildman–Crippen MR) is 39.4 cm³/mol. The van der Waals surface area contributed by atoms with E-state index in [1.165, 1.54) is 25.9 Å². The van der Waals surface area contributed by atoms with E-state index < -0.39 is 0 Å². The van der Waals surface area contributed by atoms with E-state index in [0.29, 0.717) is 0 Å². The first-order valence-corrected chi connectivity index (χ1v) is 4.03. The van der Waals surface area contributed by atoms with Crippen LogP contribution in [0.15, 0.2) is 0 Å². The minimum Gasteiger partial charge on any atom is -0.305 e. The maximum atomic E-state index is 3.59. The van der Waals surface area contributed by atoms with E-state index in [1.807, 2.05) is 0 Å². The van der Waals surface area contributed by atoms with E-state index in [0.717, 1.165) is 4.83 Å². The molecule has 1 heterocycles. The van der Waals surface area contributed by atoms with Crippen LogP contribution in [0.2, 0.25) is 0 Å². The Balaban J connectivity index is 2.23. The molecule has 48 valence electrons. The van der Waals surface area contributed by atoms with Crippen molar-refractivity contribution >= 4 is 15.9 Å². The Kier molecular flexibility index (Phi) is 2.32. The standard InChI is InChI=1S/C6H12BrN/c1-8-4-2-3-6(7)5-8/h6H,2-5H2,1H3. The molecule has 1 rings (SSSR count). The Hall–Kier alpha value is 0.440. The fourth-order valence-electron chi connectivity index (χ4n) is 1.10. The summed E-state index contributed by atoms with van der Waals surface area (Å²) in [6.07, 6.45) is 2.71. The van der Waals surface area contributed by atoms with Gasteiger partial charge in [0.05, 0.1) is 0 Å². The third-order valence-corrected chi connectivity index (χ3v) is 2.31. The van der Waals surface area contributed by atoms with Crippen LogP contribution in [0, 0.1) is 0 Å². The Morgan fingerprint density at radius 1 is 1.62 bits per heavy atom. The second kappa shape index (κ2) is 2.83. The van der Waals surface area contributed by atoms with Gasteiger partial charge in [-0.25, -0.2) is 0 Å². The first-order valence-electron chi connectivity index (χ1n) is 3.11. The zero-order valence-corrected chi connectivity index (χ0v) is 6.82. The van der Waals surface area contributed by atoms with Crippen LogP contribution in [-0.2, 0) is 0 Å². The lowest BCUT2D eigenvalue weighted by atomic mass is 10.1. The van der Waals surface area contributed by atoms with E-state index >= 15 is 0 Å². The molecule has 0 aliphatic carbocycles. The van der Waals surface area contributed by atoms with Gasteiger partial charge in [0.15, 0.2) is 0 Å². The monoisotopic (exact) mass is 177 g/mol. The molecule has 0 saturated carbocycles. The van der Waals surface area contributed by atoms with Crippen LogP contribution in [-0.4, -0.2) is 29.9 Å². The molecule has 0 N–H and O–H groups in total. The molecule has 0 bridgehead atoms. The molecular formula is C6H12BrN. The number of piperidine rings is 1. The zero-order valence-electron chi connectivity index (χ0n) is 5.23. The molecule has 0 aromatic heterocycles. The summed E-state index contributed by atoms with van der Waals surface area (Å²) >= 11 is 3.59. The number of hydrogen-bond acceptors (Lipinski definition) is 1. The second-order valence-corrected chi connectivity index (χ2v) is 3.80. The maximum absolute atomic E-state index is 3.59. The van der Waals surface area contributed by atoms with Crippen molar-refractivity contribution in [2.75, 3.05) is 20.1 Å². The number of likely N-dealkylation sites (tertiary alicyclic amines) is 1. The Morgan fingerprint density at radius 2 is 2.38 bits per heavy atom. The fraction of sp³-hybridized carbons (Fsp3) is 1.00. The summed E-state index contributed by atoms with van der Waals surface area (Å²) < 4.78 is 0. The van der Waals surface area contributed by atoms with Crippen molar-refractivity contribution < 1.29 is 0 Å². The van der Waals surface area contributed by atoms with Gasteiger partial charge in [0.25, 0.3) is 0 Å². The molecule has 0 amide bonds. The van der Waals surface area contributed by atoms with Gasteiger partial charge in [-0.3, -0.25) is 0 Å². The summed E-state index contributed by atoms with van der Waals surface area (Å²) in [7, 11) is 2.17. The van der Waals surface area contributed by atoms with E-state index in [9.17, 15) is 0 Å². The number of rotatable bonds is 0. The summed E-state index contributed by atoms with van der Waals surface area (Å²) in [5.74, 6) is 0. The van der Waals surface area contributed by atoms with Gasteiger partial charge in [-0.15, -0.1) is 0 Å². The summed E-state index contributed by atoms with van der Waals surface area (Å²) in [6, 6.07) is 0. The average molecular weight is 178 g/mol. The van der Waals surface area contributed by atoms with Gasteiger partial charge in [-0.05, 0) is 26.4 Å². The summed E-state index contributed by atoms with van der Waals surface area (Å²) in [6.45, 7) is 2.50. The van der Waals surface area contributed by atoms with Crippen LogP contribution in [0.1, 0.15) is 12.8 Å². The van der Waals surface area contributed by atoms with Gasteiger partial charge in [0.1, 0.15) is 0 Å². The Morgan fingerprint density at radius 3 is 2.75 bits per heavy atom. The first-order chi connectivity index (χ1) is 3.79. The molecule has 1 fully saturated rings. The van der Waals surface area contributed by atoms with Crippen molar-refractivity contribution in [1.29, 1.82) is 0 Å². The highest BCUT2D eigenvalue weighted by Gasteiger charge is 2.12. The highest BCUT2D eigenvalue weighted by atomic mass is 79.9. The van der Waals surface area contributed by atoms with Gasteiger partial charge in [0.2, 0.25) is 0 Å². The summed E-state index contributed by atoms with van der Waals surface area (Å²) in [5.41, 5.74) is 0. The number of halogens is 1. The quantitative estimate of drug-likeness (QED) is 0.508. The smallest absolute Gasteiger partial charge is 0.0273 e. The van der Waals surface area contributed by atoms with Crippen LogP contribution in [0.4, 0.5) is 0 Å². The molecule has 0 aromatic rings. The van der Waals surface area contributed by atoms with Crippen molar-refractivity contribution in [1.82, 2.24) is 4.90 Å². The molecule has 0 spiro atoms. The number of hydrogen-bond donors (Lipinski definition) is 0. The number of alkyl halides is 1. The summed E-state index contributed by atoms with van der Waals surface area (Å²) in [4.78, 5) is 3.12. The molecule has 1 unspecified atom stereocenters. The molecule has 1 aliphatic heterocycles. The van der Waals surface area contributed by atoms with Crippen LogP contribution >= 0.6 is 15.9 Å². The molecule has 1 saturated heterocycles. The maximum Gasteiger partial charge on any atom is 0.0273 e. The lowest BCUT2D eigenvalue weighted by Crippen LogP contribution is -2.32. The van der Waals surface area contributed by atoms with Crippen molar-refractivity contribution in [3.63, 3.8) is 0 Å². The van der Waals surface area contributed by atoms with Gasteiger partial charge in [-0.1, -0.05) is 15.9 Å². The molecule has 8 heavy (non-hydrogen) atoms. The largest absolute Gasteiger partial charge is 0.305 e. The SMILES string of the molecule is CN1CCCC(Br)C1. The highest BCUT2D eigenvalue weighted by Crippen LogP contribution is 2.14. The van der Waals surface area contributed by atoms with Gasteiger partial charge >= 0.3 is 0 Å². The van der Waals surface area contributed by atoms with Crippen molar-refractivity contribution in [2.45, 2.75) is 17.7 Å². The van der Waals surface area contributed by atoms with Crippen LogP contribution in [0.5, 0.6) is 0 Å². The van der Waals surface area contributed by atoms with Crippen molar-refractivity contribution in [3.8, 4) is 0 Å². The molecule has 1 aliphatic rings. The van der Waals surface area contributed by atoms with Crippen molar-refractivity contribution in [3.05, 3.63) is 0 Å². The fourth-order valence-corrected chi connectivity index (χ4v) is 1.92. The lowest BCUT2D eigenvalue weighted by Gasteiger charge is -2.25. The lowest BCUT2D eigenvalue weighted by molar-refractivity contribution is 0.285. The van der Waals surface area contributed by atoms with E-state index in [1.54, 1.807) is 0 Å². The zero-order chi connectivity index (χ0) is 5.98. The van der Waals surface area contributed by atoms with Gasteiger partial charge in [0, 0.05) is 11.4 Å². The normalized spacial score (nSPS) is 33.0. The minimum absolute atomic E-state index is 0.751. The first kappa shape index (κ1) is 6.56. The third kappa shape index (κ3) is 1.75. The van der Waals surface area contributed by atoms with Crippen LogP contribution in [0.3, 0.4) is 0 Å². The van der Waals surface area contributed by atoms with Crippen LogP contribution < -0.4 is 0 Å². The van der Waals surface area contributed by atoms with Gasteiger partial charge < -0.3 is 4.90 Å². The molecule has 1 atom stereocenters. The minimum atomic E-state index is 0.751. The Labute approximate surface area is 59.2 Å². The Bertz CT molecular complexity index is 66.9. The number of nitrogens with zero attached hydrogens (tertiary/aromatic N) is 1. The molecular weight excluding hydrogens is 166 g/mol. The average Bonchev–Trinajstić information content (AvgIpc) is 1.64. The predicted octanol–water partition coefficient (Wildman–Crippen LogP) is 1.48.